The van der Waals surface area contributed by atoms with E-state index >= 15 is 0 Å². The first-order valence-electron chi connectivity index (χ1n) is 11.5. The van der Waals surface area contributed by atoms with Crippen LogP contribution in [0.5, 0.6) is 0 Å². The number of nitrogens with one attached hydrogen (secondary N) is 1. The number of amides is 2. The number of imide groups is 1. The average Bonchev–Trinajstić information content (AvgIpc) is 3.05. The van der Waals surface area contributed by atoms with Crippen molar-refractivity contribution in [2.45, 2.75) is 38.5 Å². The molecule has 4 fully saturated rings. The summed E-state index contributed by atoms with van der Waals surface area (Å²) in [5, 5.41) is 2.14. The number of aromatic nitrogens is 1. The van der Waals surface area contributed by atoms with Gasteiger partial charge in [-0.15, -0.1) is 0 Å². The molecule has 33 heavy (non-hydrogen) atoms. The van der Waals surface area contributed by atoms with E-state index in [0.29, 0.717) is 17.9 Å². The molecule has 8 heteroatoms. The molecule has 8 nitrogen and oxygen atoms in total. The second-order valence-corrected chi connectivity index (χ2v) is 10.3. The van der Waals surface area contributed by atoms with Gasteiger partial charge >= 0.3 is 5.97 Å². The van der Waals surface area contributed by atoms with Crippen LogP contribution in [0.3, 0.4) is 0 Å². The van der Waals surface area contributed by atoms with E-state index in [9.17, 15) is 19.2 Å². The average molecular weight is 447 g/mol. The van der Waals surface area contributed by atoms with Gasteiger partial charge in [0.1, 0.15) is 5.82 Å². The van der Waals surface area contributed by atoms with E-state index in [2.05, 4.69) is 5.32 Å². The van der Waals surface area contributed by atoms with Crippen LogP contribution in [0.25, 0.3) is 5.69 Å². The summed E-state index contributed by atoms with van der Waals surface area (Å²) in [7, 11) is 0. The molecule has 170 valence electrons. The lowest BCUT2D eigenvalue weighted by Crippen LogP contribution is -2.48. The first kappa shape index (κ1) is 20.2. The fourth-order valence-corrected chi connectivity index (χ4v) is 7.06. The minimum absolute atomic E-state index is 0.0151. The number of pyridine rings is 1. The van der Waals surface area contributed by atoms with Crippen LogP contribution >= 0.6 is 0 Å². The van der Waals surface area contributed by atoms with Crippen molar-refractivity contribution < 1.29 is 19.1 Å². The van der Waals surface area contributed by atoms with Crippen LogP contribution in [0, 0.1) is 23.2 Å². The third-order valence-corrected chi connectivity index (χ3v) is 7.99. The molecule has 2 amide bonds. The van der Waals surface area contributed by atoms with Crippen LogP contribution in [0.4, 0.5) is 5.82 Å². The Kier molecular flexibility index (Phi) is 4.31. The van der Waals surface area contributed by atoms with Crippen LogP contribution in [0.2, 0.25) is 0 Å². The number of rotatable bonds is 4. The van der Waals surface area contributed by atoms with Gasteiger partial charge < -0.3 is 10.5 Å². The summed E-state index contributed by atoms with van der Waals surface area (Å²) >= 11 is 0. The summed E-state index contributed by atoms with van der Waals surface area (Å²) < 4.78 is 6.92. The summed E-state index contributed by atoms with van der Waals surface area (Å²) in [4.78, 5) is 49.2. The van der Waals surface area contributed by atoms with E-state index < -0.39 is 17.4 Å². The van der Waals surface area contributed by atoms with Gasteiger partial charge in [-0.3, -0.25) is 24.3 Å². The Morgan fingerprint density at radius 3 is 2.21 bits per heavy atom. The monoisotopic (exact) mass is 447 g/mol. The molecule has 0 radical (unpaired) electrons. The summed E-state index contributed by atoms with van der Waals surface area (Å²) in [6, 6.07) is 7.43. The molecule has 1 aromatic heterocycles. The Hall–Kier alpha value is -3.42. The maximum Gasteiger partial charge on any atom is 0.338 e. The lowest BCUT2D eigenvalue weighted by molar-refractivity contribution is -0.0848. The molecule has 5 aliphatic rings. The standard InChI is InChI=1S/C25H25N3O5/c26-21-20-18(22(30)27-23(20)31)8-19(29)28(21)17-3-1-16(2-4-17)24(32)33-12-25-9-13-5-14(10-25)7-15(6-13)11-25/h1-4,8,13-15H,5-7,9-12,26H2,(H,27,30,31). The minimum atomic E-state index is -0.636. The van der Waals surface area contributed by atoms with E-state index in [1.807, 2.05) is 0 Å². The molecule has 2 heterocycles. The summed E-state index contributed by atoms with van der Waals surface area (Å²) in [6.45, 7) is 0.470. The maximum atomic E-state index is 12.7. The number of esters is 1. The number of ether oxygens (including phenoxy) is 1. The van der Waals surface area contributed by atoms with Gasteiger partial charge in [0.05, 0.1) is 29.0 Å². The molecule has 1 aliphatic heterocycles. The SMILES string of the molecule is Nc1c2c(cc(=O)n1-c1ccc(C(=O)OCC34CC5CC(CC(C5)C3)C4)cc1)C(=O)NC2=O. The molecule has 1 aromatic carbocycles. The molecule has 4 bridgehead atoms. The number of nitrogen functional groups attached to an aromatic ring is 1. The van der Waals surface area contributed by atoms with Gasteiger partial charge in [0.25, 0.3) is 17.4 Å². The molecule has 0 spiro atoms. The quantitative estimate of drug-likeness (QED) is 0.549. The molecular formula is C25H25N3O5. The Morgan fingerprint density at radius 2 is 1.61 bits per heavy atom. The molecule has 0 saturated heterocycles. The second kappa shape index (κ2) is 7.04. The molecule has 4 aliphatic carbocycles. The van der Waals surface area contributed by atoms with E-state index in [4.69, 9.17) is 10.5 Å². The molecular weight excluding hydrogens is 422 g/mol. The zero-order valence-electron chi connectivity index (χ0n) is 18.1. The lowest BCUT2D eigenvalue weighted by Gasteiger charge is -2.56. The van der Waals surface area contributed by atoms with Gasteiger partial charge in [0.15, 0.2) is 0 Å². The molecule has 3 N–H and O–H groups in total. The molecule has 2 aromatic rings. The van der Waals surface area contributed by atoms with Gasteiger partial charge in [-0.1, -0.05) is 0 Å². The van der Waals surface area contributed by atoms with Gasteiger partial charge in [-0.2, -0.15) is 0 Å². The minimum Gasteiger partial charge on any atom is -0.462 e. The van der Waals surface area contributed by atoms with E-state index in [1.54, 1.807) is 24.3 Å². The van der Waals surface area contributed by atoms with E-state index in [1.165, 1.54) is 38.5 Å². The van der Waals surface area contributed by atoms with Crippen LogP contribution in [-0.4, -0.2) is 29.0 Å². The van der Waals surface area contributed by atoms with Crippen molar-refractivity contribution >= 4 is 23.6 Å². The fraction of sp³-hybridized carbons (Fsp3) is 0.440. The first-order valence-corrected chi connectivity index (χ1v) is 11.5. The second-order valence-electron chi connectivity index (χ2n) is 10.3. The highest BCUT2D eigenvalue weighted by Gasteiger charge is 2.51. The Morgan fingerprint density at radius 1 is 1.00 bits per heavy atom. The highest BCUT2D eigenvalue weighted by atomic mass is 16.5. The van der Waals surface area contributed by atoms with Gasteiger partial charge in [-0.05, 0) is 80.5 Å². The number of nitrogens with two attached hydrogens (primary N) is 1. The number of hydrogen-bond donors (Lipinski definition) is 2. The molecule has 0 unspecified atom stereocenters. The van der Waals surface area contributed by atoms with Crippen molar-refractivity contribution in [3.05, 3.63) is 57.4 Å². The largest absolute Gasteiger partial charge is 0.462 e. The number of fused-ring (bicyclic) bond motifs is 1. The number of nitrogens with zero attached hydrogens (tertiary/aromatic N) is 1. The summed E-state index contributed by atoms with van der Waals surface area (Å²) in [5.74, 6) is 0.622. The molecule has 4 saturated carbocycles. The van der Waals surface area contributed by atoms with Crippen LogP contribution in [0.15, 0.2) is 35.1 Å². The Balaban J connectivity index is 1.20. The summed E-state index contributed by atoms with van der Waals surface area (Å²) in [6.07, 6.45) is 7.53. The van der Waals surface area contributed by atoms with Crippen LogP contribution in [0.1, 0.15) is 69.6 Å². The topological polar surface area (TPSA) is 120 Å². The Bertz CT molecular complexity index is 1220. The smallest absolute Gasteiger partial charge is 0.338 e. The predicted octanol–water partition coefficient (Wildman–Crippen LogP) is 2.68. The van der Waals surface area contributed by atoms with Gasteiger partial charge in [-0.25, -0.2) is 4.79 Å². The third-order valence-electron chi connectivity index (χ3n) is 7.99. The van der Waals surface area contributed by atoms with Crippen LogP contribution < -0.4 is 16.6 Å². The van der Waals surface area contributed by atoms with E-state index in [0.717, 1.165) is 28.4 Å². The first-order chi connectivity index (χ1) is 15.8. The van der Waals surface area contributed by atoms with Crippen molar-refractivity contribution in [1.29, 1.82) is 0 Å². The molecule has 7 rings (SSSR count). The highest BCUT2D eigenvalue weighted by Crippen LogP contribution is 2.60. The zero-order valence-corrected chi connectivity index (χ0v) is 18.1. The van der Waals surface area contributed by atoms with Crippen molar-refractivity contribution in [2.24, 2.45) is 23.2 Å². The van der Waals surface area contributed by atoms with Crippen LogP contribution in [-0.2, 0) is 4.74 Å². The van der Waals surface area contributed by atoms with E-state index in [-0.39, 0.29) is 28.3 Å². The molecule has 0 atom stereocenters. The van der Waals surface area contributed by atoms with Gasteiger partial charge in [0.2, 0.25) is 0 Å². The fourth-order valence-electron chi connectivity index (χ4n) is 7.06. The van der Waals surface area contributed by atoms with Crippen molar-refractivity contribution in [3.8, 4) is 5.69 Å². The van der Waals surface area contributed by atoms with Gasteiger partial charge in [0, 0.05) is 11.5 Å². The third kappa shape index (κ3) is 3.19. The highest BCUT2D eigenvalue weighted by molar-refractivity contribution is 6.23. The number of hydrogen-bond acceptors (Lipinski definition) is 6. The van der Waals surface area contributed by atoms with Crippen molar-refractivity contribution in [1.82, 2.24) is 9.88 Å². The zero-order chi connectivity index (χ0) is 22.9. The number of carbonyl (C=O) groups is 3. The predicted molar refractivity (Wildman–Crippen MR) is 119 cm³/mol. The number of benzene rings is 1. The normalized spacial score (nSPS) is 29.2. The van der Waals surface area contributed by atoms with Crippen molar-refractivity contribution in [2.75, 3.05) is 12.3 Å². The van der Waals surface area contributed by atoms with Crippen molar-refractivity contribution in [3.63, 3.8) is 0 Å². The lowest BCUT2D eigenvalue weighted by atomic mass is 9.50. The number of anilines is 1. The number of carbonyl (C=O) groups excluding carboxylic acids is 3. The Labute approximate surface area is 190 Å². The summed E-state index contributed by atoms with van der Waals surface area (Å²) in [5.41, 5.74) is 6.43. The maximum absolute atomic E-state index is 12.7.